The van der Waals surface area contributed by atoms with Gasteiger partial charge in [0.05, 0.1) is 17.2 Å². The van der Waals surface area contributed by atoms with E-state index in [0.29, 0.717) is 19.0 Å². The van der Waals surface area contributed by atoms with Gasteiger partial charge in [-0.1, -0.05) is 6.92 Å². The van der Waals surface area contributed by atoms with Crippen molar-refractivity contribution in [2.45, 2.75) is 38.8 Å². The van der Waals surface area contributed by atoms with Crippen LogP contribution in [0.5, 0.6) is 0 Å². The molecule has 8 nitrogen and oxygen atoms in total. The van der Waals surface area contributed by atoms with Crippen LogP contribution < -0.4 is 0 Å². The van der Waals surface area contributed by atoms with Gasteiger partial charge in [0.25, 0.3) is 0 Å². The number of likely N-dealkylation sites (tertiary alicyclic amines) is 1. The first-order chi connectivity index (χ1) is 11.5. The molecule has 1 saturated heterocycles. The van der Waals surface area contributed by atoms with Crippen LogP contribution in [0.1, 0.15) is 38.0 Å². The number of carbonyl (C=O) groups excluding carboxylic acids is 1. The SMILES string of the molecule is C[C@@H]1CCN(C(=O)CCn2cc([N+](=O)[O-])cn2)[C@@H](c2ccco2)C1. The second-order valence-electron chi connectivity index (χ2n) is 6.22. The number of aromatic nitrogens is 2. The van der Waals surface area contributed by atoms with Crippen molar-refractivity contribution in [3.8, 4) is 0 Å². The highest BCUT2D eigenvalue weighted by Crippen LogP contribution is 2.34. The number of nitro groups is 1. The number of nitrogens with zero attached hydrogens (tertiary/aromatic N) is 4. The maximum absolute atomic E-state index is 12.6. The fraction of sp³-hybridized carbons (Fsp3) is 0.500. The van der Waals surface area contributed by atoms with Gasteiger partial charge >= 0.3 is 5.69 Å². The van der Waals surface area contributed by atoms with Gasteiger partial charge in [-0.05, 0) is 30.9 Å². The maximum Gasteiger partial charge on any atom is 0.306 e. The molecule has 0 radical (unpaired) electrons. The zero-order valence-corrected chi connectivity index (χ0v) is 13.5. The van der Waals surface area contributed by atoms with Crippen molar-refractivity contribution < 1.29 is 14.1 Å². The van der Waals surface area contributed by atoms with E-state index in [9.17, 15) is 14.9 Å². The highest BCUT2D eigenvalue weighted by Gasteiger charge is 2.32. The summed E-state index contributed by atoms with van der Waals surface area (Å²) in [6.45, 7) is 3.20. The predicted molar refractivity (Wildman–Crippen MR) is 85.1 cm³/mol. The van der Waals surface area contributed by atoms with Gasteiger partial charge in [-0.25, -0.2) is 0 Å². The van der Waals surface area contributed by atoms with Crippen molar-refractivity contribution in [3.05, 3.63) is 46.7 Å². The summed E-state index contributed by atoms with van der Waals surface area (Å²) >= 11 is 0. The third kappa shape index (κ3) is 3.47. The standard InChI is InChI=1S/C16H20N4O4/c1-12-4-7-19(14(9-12)15-3-2-8-24-15)16(21)5-6-18-11-13(10-17-18)20(22)23/h2-3,8,10-12,14H,4-7,9H2,1H3/t12-,14-/m1/s1. The molecule has 2 atom stereocenters. The predicted octanol–water partition coefficient (Wildman–Crippen LogP) is 2.77. The molecule has 3 rings (SSSR count). The smallest absolute Gasteiger partial charge is 0.306 e. The molecule has 0 aromatic carbocycles. The average Bonchev–Trinajstić information content (AvgIpc) is 3.24. The summed E-state index contributed by atoms with van der Waals surface area (Å²) in [5.74, 6) is 1.36. The minimum absolute atomic E-state index is 0.0152. The molecule has 1 amide bonds. The van der Waals surface area contributed by atoms with Gasteiger partial charge < -0.3 is 9.32 Å². The van der Waals surface area contributed by atoms with E-state index in [0.717, 1.165) is 18.6 Å². The molecule has 0 saturated carbocycles. The summed E-state index contributed by atoms with van der Waals surface area (Å²) in [5, 5.41) is 14.6. The summed E-state index contributed by atoms with van der Waals surface area (Å²) in [5.41, 5.74) is -0.0669. The minimum atomic E-state index is -0.496. The molecule has 2 aromatic rings. The molecular formula is C16H20N4O4. The minimum Gasteiger partial charge on any atom is -0.467 e. The first-order valence-electron chi connectivity index (χ1n) is 8.04. The zero-order valence-electron chi connectivity index (χ0n) is 13.5. The van der Waals surface area contributed by atoms with E-state index in [1.165, 1.54) is 17.1 Å². The number of rotatable bonds is 5. The van der Waals surface area contributed by atoms with Crippen LogP contribution in [0.4, 0.5) is 5.69 Å². The first kappa shape index (κ1) is 16.2. The van der Waals surface area contributed by atoms with Gasteiger partial charge in [-0.15, -0.1) is 0 Å². The van der Waals surface area contributed by atoms with Crippen LogP contribution in [0.15, 0.2) is 35.2 Å². The van der Waals surface area contributed by atoms with Crippen molar-refractivity contribution >= 4 is 11.6 Å². The monoisotopic (exact) mass is 332 g/mol. The lowest BCUT2D eigenvalue weighted by Crippen LogP contribution is -2.40. The summed E-state index contributed by atoms with van der Waals surface area (Å²) in [6.07, 6.45) is 6.27. The van der Waals surface area contributed by atoms with E-state index in [1.807, 2.05) is 17.0 Å². The summed E-state index contributed by atoms with van der Waals surface area (Å²) < 4.78 is 6.94. The van der Waals surface area contributed by atoms with Crippen molar-refractivity contribution in [1.29, 1.82) is 0 Å². The number of piperidine rings is 1. The second-order valence-corrected chi connectivity index (χ2v) is 6.22. The maximum atomic E-state index is 12.6. The lowest BCUT2D eigenvalue weighted by Gasteiger charge is -2.37. The van der Waals surface area contributed by atoms with Crippen LogP contribution >= 0.6 is 0 Å². The number of hydrogen-bond donors (Lipinski definition) is 0. The second kappa shape index (κ2) is 6.86. The van der Waals surface area contributed by atoms with Crippen molar-refractivity contribution in [1.82, 2.24) is 14.7 Å². The zero-order chi connectivity index (χ0) is 17.1. The van der Waals surface area contributed by atoms with Crippen LogP contribution in [-0.4, -0.2) is 32.1 Å². The van der Waals surface area contributed by atoms with Gasteiger partial charge in [0.1, 0.15) is 18.2 Å². The number of amides is 1. The summed E-state index contributed by atoms with van der Waals surface area (Å²) in [4.78, 5) is 24.7. The average molecular weight is 332 g/mol. The first-order valence-corrected chi connectivity index (χ1v) is 8.04. The molecule has 0 aliphatic carbocycles. The highest BCUT2D eigenvalue weighted by molar-refractivity contribution is 5.76. The molecule has 0 unspecified atom stereocenters. The molecule has 1 aliphatic rings. The van der Waals surface area contributed by atoms with Crippen molar-refractivity contribution in [2.75, 3.05) is 6.54 Å². The van der Waals surface area contributed by atoms with Crippen molar-refractivity contribution in [3.63, 3.8) is 0 Å². The third-order valence-electron chi connectivity index (χ3n) is 4.44. The van der Waals surface area contributed by atoms with Gasteiger partial charge in [-0.3, -0.25) is 19.6 Å². The fourth-order valence-corrected chi connectivity index (χ4v) is 3.11. The fourth-order valence-electron chi connectivity index (χ4n) is 3.11. The molecule has 128 valence electrons. The molecule has 0 bridgehead atoms. The van der Waals surface area contributed by atoms with Crippen LogP contribution in [0.3, 0.4) is 0 Å². The Kier molecular flexibility index (Phi) is 4.64. The molecule has 1 aliphatic heterocycles. The Morgan fingerprint density at radius 3 is 3.04 bits per heavy atom. The molecule has 8 heteroatoms. The summed E-state index contributed by atoms with van der Waals surface area (Å²) in [6, 6.07) is 3.70. The van der Waals surface area contributed by atoms with Crippen LogP contribution in [0.2, 0.25) is 0 Å². The molecular weight excluding hydrogens is 312 g/mol. The van der Waals surface area contributed by atoms with Gasteiger partial charge in [0.2, 0.25) is 5.91 Å². The Hall–Kier alpha value is -2.64. The Morgan fingerprint density at radius 2 is 2.38 bits per heavy atom. The molecule has 3 heterocycles. The number of aryl methyl sites for hydroxylation is 1. The Labute approximate surface area is 139 Å². The van der Waals surface area contributed by atoms with E-state index >= 15 is 0 Å². The number of carbonyl (C=O) groups is 1. The number of furan rings is 1. The third-order valence-corrected chi connectivity index (χ3v) is 4.44. The largest absolute Gasteiger partial charge is 0.467 e. The van der Waals surface area contributed by atoms with Gasteiger partial charge in [0, 0.05) is 19.5 Å². The van der Waals surface area contributed by atoms with E-state index in [-0.39, 0.29) is 24.1 Å². The van der Waals surface area contributed by atoms with Crippen LogP contribution in [0.25, 0.3) is 0 Å². The summed E-state index contributed by atoms with van der Waals surface area (Å²) in [7, 11) is 0. The Bertz CT molecular complexity index is 709. The lowest BCUT2D eigenvalue weighted by molar-refractivity contribution is -0.385. The van der Waals surface area contributed by atoms with Crippen LogP contribution in [-0.2, 0) is 11.3 Å². The van der Waals surface area contributed by atoms with E-state index in [4.69, 9.17) is 4.42 Å². The molecule has 2 aromatic heterocycles. The lowest BCUT2D eigenvalue weighted by atomic mass is 9.91. The molecule has 1 fully saturated rings. The Balaban J connectivity index is 1.64. The quantitative estimate of drug-likeness (QED) is 0.620. The highest BCUT2D eigenvalue weighted by atomic mass is 16.6. The number of hydrogen-bond acceptors (Lipinski definition) is 5. The molecule has 0 spiro atoms. The van der Waals surface area contributed by atoms with Crippen molar-refractivity contribution in [2.24, 2.45) is 5.92 Å². The Morgan fingerprint density at radius 1 is 1.54 bits per heavy atom. The van der Waals surface area contributed by atoms with E-state index < -0.39 is 4.92 Å². The molecule has 0 N–H and O–H groups in total. The van der Waals surface area contributed by atoms with E-state index in [2.05, 4.69) is 12.0 Å². The van der Waals surface area contributed by atoms with Gasteiger partial charge in [-0.2, -0.15) is 5.10 Å². The van der Waals surface area contributed by atoms with Gasteiger partial charge in [0.15, 0.2) is 0 Å². The normalized spacial score (nSPS) is 21.0. The molecule has 24 heavy (non-hydrogen) atoms. The van der Waals surface area contributed by atoms with Crippen LogP contribution in [0, 0.1) is 16.0 Å². The topological polar surface area (TPSA) is 94.4 Å². The van der Waals surface area contributed by atoms with E-state index in [1.54, 1.807) is 6.26 Å².